The van der Waals surface area contributed by atoms with Gasteiger partial charge < -0.3 is 10.0 Å². The van der Waals surface area contributed by atoms with E-state index in [1.807, 2.05) is 24.3 Å². The summed E-state index contributed by atoms with van der Waals surface area (Å²) in [5.74, 6) is 0.528. The summed E-state index contributed by atoms with van der Waals surface area (Å²) in [5, 5.41) is 12.4. The minimum Gasteiger partial charge on any atom is -0.395 e. The molecular formula is C24H22ClN3O3S. The van der Waals surface area contributed by atoms with Crippen LogP contribution in [0.15, 0.2) is 64.4 Å². The summed E-state index contributed by atoms with van der Waals surface area (Å²) in [6.07, 6.45) is 1.67. The first-order valence-electron chi connectivity index (χ1n) is 10.4. The number of nitrogens with zero attached hydrogens (tertiary/aromatic N) is 3. The van der Waals surface area contributed by atoms with Crippen molar-refractivity contribution < 1.29 is 9.90 Å². The monoisotopic (exact) mass is 467 g/mol. The lowest BCUT2D eigenvalue weighted by Gasteiger charge is -2.44. The summed E-state index contributed by atoms with van der Waals surface area (Å²) < 4.78 is 1.80. The number of amides is 1. The zero-order chi connectivity index (χ0) is 22.4. The normalized spacial score (nSPS) is 17.5. The highest BCUT2D eigenvalue weighted by atomic mass is 35.5. The van der Waals surface area contributed by atoms with E-state index >= 15 is 0 Å². The number of fused-ring (bicyclic) bond motifs is 3. The predicted octanol–water partition coefficient (Wildman–Crippen LogP) is 3.55. The zero-order valence-electron chi connectivity index (χ0n) is 17.5. The van der Waals surface area contributed by atoms with E-state index in [1.165, 1.54) is 11.6 Å². The summed E-state index contributed by atoms with van der Waals surface area (Å²) in [5.41, 5.74) is 3.91. The first-order valence-corrected chi connectivity index (χ1v) is 11.8. The van der Waals surface area contributed by atoms with Crippen LogP contribution < -0.4 is 10.4 Å². The first kappa shape index (κ1) is 21.1. The number of halogens is 1. The van der Waals surface area contributed by atoms with Crippen LogP contribution in [0.2, 0.25) is 5.02 Å². The molecule has 8 heteroatoms. The van der Waals surface area contributed by atoms with Crippen LogP contribution in [-0.4, -0.2) is 40.4 Å². The number of aliphatic hydroxyl groups excluding tert-OH is 1. The fourth-order valence-electron chi connectivity index (χ4n) is 4.52. The van der Waals surface area contributed by atoms with E-state index in [0.717, 1.165) is 21.8 Å². The van der Waals surface area contributed by atoms with E-state index < -0.39 is 0 Å². The van der Waals surface area contributed by atoms with Gasteiger partial charge in [0, 0.05) is 35.0 Å². The van der Waals surface area contributed by atoms with Crippen LogP contribution in [0.4, 0.5) is 0 Å². The number of carbonyl (C=O) groups excluding carboxylic acids is 1. The minimum atomic E-state index is -0.256. The van der Waals surface area contributed by atoms with Crippen LogP contribution in [0, 0.1) is 6.92 Å². The third-order valence-electron chi connectivity index (χ3n) is 6.08. The van der Waals surface area contributed by atoms with Crippen LogP contribution >= 0.6 is 23.4 Å². The van der Waals surface area contributed by atoms with Gasteiger partial charge in [0.15, 0.2) is 5.43 Å². The summed E-state index contributed by atoms with van der Waals surface area (Å²) in [7, 11) is 0. The molecule has 164 valence electrons. The number of carbonyl (C=O) groups is 1. The zero-order valence-corrected chi connectivity index (χ0v) is 19.1. The third kappa shape index (κ3) is 3.32. The molecule has 0 saturated heterocycles. The SMILES string of the molecule is Cc1c2n(ccc1=O)N(C1c3ccccc3CSc3c(Cl)cccc31)CN(CCO)C2=O. The van der Waals surface area contributed by atoms with Gasteiger partial charge in [0.05, 0.1) is 17.7 Å². The quantitative estimate of drug-likeness (QED) is 0.638. The Bertz CT molecular complexity index is 1280. The summed E-state index contributed by atoms with van der Waals surface area (Å²) in [6.45, 7) is 1.97. The number of benzene rings is 2. The van der Waals surface area contributed by atoms with Gasteiger partial charge in [0.2, 0.25) is 0 Å². The molecule has 0 bridgehead atoms. The number of hydrogen-bond donors (Lipinski definition) is 1. The molecule has 1 aromatic heterocycles. The van der Waals surface area contributed by atoms with Gasteiger partial charge in [-0.25, -0.2) is 0 Å². The van der Waals surface area contributed by atoms with Crippen molar-refractivity contribution in [3.63, 3.8) is 0 Å². The molecule has 2 aromatic carbocycles. The van der Waals surface area contributed by atoms with E-state index in [-0.39, 0.29) is 37.2 Å². The number of rotatable bonds is 3. The summed E-state index contributed by atoms with van der Waals surface area (Å²) >= 11 is 8.33. The van der Waals surface area contributed by atoms with Gasteiger partial charge in [-0.05, 0) is 29.7 Å². The molecule has 3 heterocycles. The molecule has 6 nitrogen and oxygen atoms in total. The fourth-order valence-corrected chi connectivity index (χ4v) is 5.98. The minimum absolute atomic E-state index is 0.158. The summed E-state index contributed by atoms with van der Waals surface area (Å²) in [6, 6.07) is 15.5. The Balaban J connectivity index is 1.78. The van der Waals surface area contributed by atoms with Crippen molar-refractivity contribution in [1.82, 2.24) is 9.58 Å². The molecule has 2 aliphatic rings. The standard InChI is InChI=1S/C24H22ClN3O3S/c1-15-20(30)9-10-27-21(15)24(31)26(11-12-29)14-28(27)22-17-6-3-2-5-16(17)13-32-23-18(22)7-4-8-19(23)25/h2-10,22,29H,11-14H2,1H3. The van der Waals surface area contributed by atoms with Crippen molar-refractivity contribution in [2.24, 2.45) is 0 Å². The largest absolute Gasteiger partial charge is 0.395 e. The van der Waals surface area contributed by atoms with Gasteiger partial charge >= 0.3 is 0 Å². The molecule has 0 aliphatic carbocycles. The fraction of sp³-hybridized carbons (Fsp3) is 0.250. The lowest BCUT2D eigenvalue weighted by molar-refractivity contribution is 0.0646. The molecule has 0 fully saturated rings. The van der Waals surface area contributed by atoms with E-state index in [9.17, 15) is 14.7 Å². The molecule has 2 aliphatic heterocycles. The highest BCUT2D eigenvalue weighted by molar-refractivity contribution is 7.98. The van der Waals surface area contributed by atoms with E-state index in [1.54, 1.807) is 34.5 Å². The molecule has 1 amide bonds. The summed E-state index contributed by atoms with van der Waals surface area (Å²) in [4.78, 5) is 28.2. The Hall–Kier alpha value is -2.74. The molecule has 0 radical (unpaired) electrons. The third-order valence-corrected chi connectivity index (χ3v) is 7.71. The number of aliphatic hydroxyl groups is 1. The Labute approximate surface area is 195 Å². The van der Waals surface area contributed by atoms with Crippen molar-refractivity contribution in [1.29, 1.82) is 0 Å². The lowest BCUT2D eigenvalue weighted by atomic mass is 9.94. The predicted molar refractivity (Wildman–Crippen MR) is 126 cm³/mol. The van der Waals surface area contributed by atoms with Gasteiger partial charge in [0.25, 0.3) is 5.91 Å². The second-order valence-electron chi connectivity index (χ2n) is 7.92. The van der Waals surface area contributed by atoms with E-state index in [0.29, 0.717) is 16.3 Å². The Morgan fingerprint density at radius 3 is 2.69 bits per heavy atom. The van der Waals surface area contributed by atoms with E-state index in [2.05, 4.69) is 23.2 Å². The molecule has 32 heavy (non-hydrogen) atoms. The maximum atomic E-state index is 13.2. The molecular weight excluding hydrogens is 446 g/mol. The van der Waals surface area contributed by atoms with Crippen molar-refractivity contribution in [3.8, 4) is 0 Å². The highest BCUT2D eigenvalue weighted by Gasteiger charge is 2.37. The second kappa shape index (κ2) is 8.31. The van der Waals surface area contributed by atoms with Crippen LogP contribution in [0.5, 0.6) is 0 Å². The van der Waals surface area contributed by atoms with Gasteiger partial charge in [-0.2, -0.15) is 0 Å². The maximum absolute atomic E-state index is 13.2. The Morgan fingerprint density at radius 1 is 1.09 bits per heavy atom. The van der Waals surface area contributed by atoms with Gasteiger partial charge in [-0.3, -0.25) is 19.3 Å². The number of aromatic nitrogens is 1. The van der Waals surface area contributed by atoms with Crippen molar-refractivity contribution in [2.45, 2.75) is 23.6 Å². The van der Waals surface area contributed by atoms with Crippen LogP contribution in [0.25, 0.3) is 0 Å². The Morgan fingerprint density at radius 2 is 1.88 bits per heavy atom. The maximum Gasteiger partial charge on any atom is 0.274 e. The lowest BCUT2D eigenvalue weighted by Crippen LogP contribution is -2.56. The van der Waals surface area contributed by atoms with E-state index in [4.69, 9.17) is 11.6 Å². The molecule has 1 N–H and O–H groups in total. The van der Waals surface area contributed by atoms with Gasteiger partial charge in [-0.1, -0.05) is 48.0 Å². The molecule has 3 aromatic rings. The molecule has 1 atom stereocenters. The van der Waals surface area contributed by atoms with Crippen LogP contribution in [0.1, 0.15) is 38.8 Å². The number of hydrogen-bond acceptors (Lipinski definition) is 5. The van der Waals surface area contributed by atoms with Gasteiger partial charge in [0.1, 0.15) is 12.4 Å². The molecule has 0 spiro atoms. The van der Waals surface area contributed by atoms with Crippen LogP contribution in [0.3, 0.4) is 0 Å². The second-order valence-corrected chi connectivity index (χ2v) is 9.31. The molecule has 0 saturated carbocycles. The number of pyridine rings is 1. The molecule has 5 rings (SSSR count). The average molecular weight is 468 g/mol. The number of thioether (sulfide) groups is 1. The topological polar surface area (TPSA) is 65.8 Å². The van der Waals surface area contributed by atoms with Crippen LogP contribution in [-0.2, 0) is 5.75 Å². The average Bonchev–Trinajstić information content (AvgIpc) is 2.96. The van der Waals surface area contributed by atoms with Crippen molar-refractivity contribution in [3.05, 3.63) is 97.9 Å². The Kier molecular flexibility index (Phi) is 5.49. The van der Waals surface area contributed by atoms with Crippen molar-refractivity contribution >= 4 is 29.3 Å². The molecule has 1 unspecified atom stereocenters. The number of β-amino-alcohol motifs (C(OH)–C–C–N with tert-alkyl or cyclic N) is 1. The van der Waals surface area contributed by atoms with Crippen molar-refractivity contribution in [2.75, 3.05) is 24.8 Å². The van der Waals surface area contributed by atoms with Gasteiger partial charge in [-0.15, -0.1) is 11.8 Å². The first-order chi connectivity index (χ1) is 15.5. The smallest absolute Gasteiger partial charge is 0.274 e. The highest BCUT2D eigenvalue weighted by Crippen LogP contribution is 2.45.